The number of nitrogens with zero attached hydrogens (tertiary/aromatic N) is 1. The molecule has 0 saturated heterocycles. The first-order valence-electron chi connectivity index (χ1n) is 9.19. The summed E-state index contributed by atoms with van der Waals surface area (Å²) in [6.45, 7) is 4.75. The molecule has 7 heteroatoms. The standard InChI is InChI=1S/C21H28N2O4S/c1-16(2)18-12-8-9-13-19(18)27-15-14-22-21(24)20(23(3)28(4,25)26)17-10-6-5-7-11-17/h5-13,16,20H,14-15H2,1-4H3,(H,22,24). The first kappa shape index (κ1) is 21.9. The van der Waals surface area contributed by atoms with Gasteiger partial charge in [0.2, 0.25) is 15.9 Å². The number of ether oxygens (including phenoxy) is 1. The molecule has 6 nitrogen and oxygen atoms in total. The molecular weight excluding hydrogens is 376 g/mol. The van der Waals surface area contributed by atoms with Gasteiger partial charge in [-0.2, -0.15) is 4.31 Å². The molecule has 1 amide bonds. The van der Waals surface area contributed by atoms with Gasteiger partial charge in [0, 0.05) is 7.05 Å². The predicted octanol–water partition coefficient (Wildman–Crippen LogP) is 2.94. The van der Waals surface area contributed by atoms with Crippen LogP contribution in [0.1, 0.15) is 36.9 Å². The summed E-state index contributed by atoms with van der Waals surface area (Å²) < 4.78 is 30.9. The number of hydrogen-bond donors (Lipinski definition) is 1. The molecule has 1 N–H and O–H groups in total. The highest BCUT2D eigenvalue weighted by Gasteiger charge is 2.30. The first-order valence-corrected chi connectivity index (χ1v) is 11.0. The number of sulfonamides is 1. The van der Waals surface area contributed by atoms with E-state index >= 15 is 0 Å². The Labute approximate surface area is 167 Å². The van der Waals surface area contributed by atoms with E-state index in [1.54, 1.807) is 24.3 Å². The van der Waals surface area contributed by atoms with Crippen LogP contribution < -0.4 is 10.1 Å². The Morgan fingerprint density at radius 1 is 1.07 bits per heavy atom. The van der Waals surface area contributed by atoms with Crippen molar-refractivity contribution in [3.8, 4) is 5.75 Å². The van der Waals surface area contributed by atoms with E-state index in [1.165, 1.54) is 7.05 Å². The average Bonchev–Trinajstić information content (AvgIpc) is 2.65. The zero-order valence-corrected chi connectivity index (χ0v) is 17.6. The van der Waals surface area contributed by atoms with Crippen molar-refractivity contribution in [3.05, 3.63) is 65.7 Å². The Hall–Kier alpha value is -2.38. The van der Waals surface area contributed by atoms with Crippen LogP contribution in [0.3, 0.4) is 0 Å². The fourth-order valence-corrected chi connectivity index (χ4v) is 3.47. The fourth-order valence-electron chi connectivity index (χ4n) is 2.87. The van der Waals surface area contributed by atoms with E-state index < -0.39 is 16.1 Å². The summed E-state index contributed by atoms with van der Waals surface area (Å²) in [6.07, 6.45) is 1.09. The summed E-state index contributed by atoms with van der Waals surface area (Å²) in [4.78, 5) is 12.7. The normalized spacial score (nSPS) is 12.8. The Bertz CT molecular complexity index is 882. The minimum absolute atomic E-state index is 0.270. The fraction of sp³-hybridized carbons (Fsp3) is 0.381. The second kappa shape index (κ2) is 9.71. The lowest BCUT2D eigenvalue weighted by molar-refractivity contribution is -0.124. The second-order valence-corrected chi connectivity index (χ2v) is 8.97. The van der Waals surface area contributed by atoms with Gasteiger partial charge in [-0.25, -0.2) is 8.42 Å². The molecule has 0 heterocycles. The van der Waals surface area contributed by atoms with Gasteiger partial charge in [-0.15, -0.1) is 0 Å². The van der Waals surface area contributed by atoms with Gasteiger partial charge in [-0.05, 0) is 23.1 Å². The van der Waals surface area contributed by atoms with Gasteiger partial charge in [0.1, 0.15) is 18.4 Å². The number of nitrogens with one attached hydrogen (secondary N) is 1. The number of carbonyl (C=O) groups excluding carboxylic acids is 1. The molecule has 0 aliphatic rings. The Kier molecular flexibility index (Phi) is 7.60. The highest BCUT2D eigenvalue weighted by Crippen LogP contribution is 2.26. The highest BCUT2D eigenvalue weighted by molar-refractivity contribution is 7.88. The van der Waals surface area contributed by atoms with E-state index in [2.05, 4.69) is 19.2 Å². The van der Waals surface area contributed by atoms with Crippen LogP contribution in [0.4, 0.5) is 0 Å². The molecule has 2 aromatic carbocycles. The largest absolute Gasteiger partial charge is 0.491 e. The molecule has 0 saturated carbocycles. The maximum absolute atomic E-state index is 12.7. The van der Waals surface area contributed by atoms with Crippen LogP contribution in [0.25, 0.3) is 0 Å². The maximum atomic E-state index is 12.7. The number of para-hydroxylation sites is 1. The number of benzene rings is 2. The molecule has 0 radical (unpaired) electrons. The summed E-state index contributed by atoms with van der Waals surface area (Å²) in [5.74, 6) is 0.733. The van der Waals surface area contributed by atoms with Gasteiger partial charge in [0.15, 0.2) is 0 Å². The van der Waals surface area contributed by atoms with Crippen molar-refractivity contribution < 1.29 is 17.9 Å². The van der Waals surface area contributed by atoms with Crippen molar-refractivity contribution >= 4 is 15.9 Å². The third kappa shape index (κ3) is 5.81. The van der Waals surface area contributed by atoms with Crippen molar-refractivity contribution in [1.82, 2.24) is 9.62 Å². The summed E-state index contributed by atoms with van der Waals surface area (Å²) in [5.41, 5.74) is 1.71. The number of hydrogen-bond acceptors (Lipinski definition) is 4. The second-order valence-electron chi connectivity index (χ2n) is 6.92. The van der Waals surface area contributed by atoms with E-state index in [4.69, 9.17) is 4.74 Å². The van der Waals surface area contributed by atoms with Gasteiger partial charge >= 0.3 is 0 Å². The molecule has 2 aromatic rings. The first-order chi connectivity index (χ1) is 13.2. The lowest BCUT2D eigenvalue weighted by Gasteiger charge is -2.25. The lowest BCUT2D eigenvalue weighted by atomic mass is 10.0. The topological polar surface area (TPSA) is 75.7 Å². The van der Waals surface area contributed by atoms with Crippen LogP contribution in [0, 0.1) is 0 Å². The average molecular weight is 405 g/mol. The Morgan fingerprint density at radius 2 is 1.68 bits per heavy atom. The molecule has 1 unspecified atom stereocenters. The van der Waals surface area contributed by atoms with Crippen LogP contribution in [0.2, 0.25) is 0 Å². The van der Waals surface area contributed by atoms with E-state index in [9.17, 15) is 13.2 Å². The van der Waals surface area contributed by atoms with Gasteiger partial charge < -0.3 is 10.1 Å². The lowest BCUT2D eigenvalue weighted by Crippen LogP contribution is -2.42. The zero-order valence-electron chi connectivity index (χ0n) is 16.8. The van der Waals surface area contributed by atoms with Crippen molar-refractivity contribution in [2.45, 2.75) is 25.8 Å². The summed E-state index contributed by atoms with van der Waals surface area (Å²) >= 11 is 0. The number of likely N-dealkylation sites (N-methyl/N-ethyl adjacent to an activating group) is 1. The minimum Gasteiger partial charge on any atom is -0.491 e. The van der Waals surface area contributed by atoms with E-state index in [0.29, 0.717) is 18.1 Å². The highest BCUT2D eigenvalue weighted by atomic mass is 32.2. The summed E-state index contributed by atoms with van der Waals surface area (Å²) in [6, 6.07) is 15.7. The SMILES string of the molecule is CC(C)c1ccccc1OCCNC(=O)C(c1ccccc1)N(C)S(C)(=O)=O. The van der Waals surface area contributed by atoms with Crippen LogP contribution in [0.15, 0.2) is 54.6 Å². The monoisotopic (exact) mass is 404 g/mol. The van der Waals surface area contributed by atoms with Crippen molar-refractivity contribution in [2.24, 2.45) is 0 Å². The van der Waals surface area contributed by atoms with Crippen LogP contribution in [0.5, 0.6) is 5.75 Å². The van der Waals surface area contributed by atoms with Crippen LogP contribution >= 0.6 is 0 Å². The van der Waals surface area contributed by atoms with Gasteiger partial charge in [-0.1, -0.05) is 62.4 Å². The van der Waals surface area contributed by atoms with Crippen molar-refractivity contribution in [3.63, 3.8) is 0 Å². The maximum Gasteiger partial charge on any atom is 0.243 e. The van der Waals surface area contributed by atoms with E-state index in [1.807, 2.05) is 30.3 Å². The molecular formula is C21H28N2O4S. The Morgan fingerprint density at radius 3 is 2.29 bits per heavy atom. The van der Waals surface area contributed by atoms with E-state index in [-0.39, 0.29) is 12.5 Å². The smallest absolute Gasteiger partial charge is 0.243 e. The third-order valence-corrected chi connectivity index (χ3v) is 5.71. The molecule has 0 spiro atoms. The summed E-state index contributed by atoms with van der Waals surface area (Å²) in [7, 11) is -2.14. The molecule has 28 heavy (non-hydrogen) atoms. The number of amides is 1. The van der Waals surface area contributed by atoms with Gasteiger partial charge in [-0.3, -0.25) is 4.79 Å². The Balaban J connectivity index is 2.03. The molecule has 2 rings (SSSR count). The molecule has 0 aliphatic carbocycles. The molecule has 1 atom stereocenters. The molecule has 0 bridgehead atoms. The molecule has 152 valence electrons. The van der Waals surface area contributed by atoms with Crippen molar-refractivity contribution in [1.29, 1.82) is 0 Å². The minimum atomic E-state index is -3.54. The number of rotatable bonds is 9. The van der Waals surface area contributed by atoms with Crippen LogP contribution in [-0.4, -0.2) is 45.1 Å². The molecule has 0 fully saturated rings. The quantitative estimate of drug-likeness (QED) is 0.652. The van der Waals surface area contributed by atoms with Gasteiger partial charge in [0.25, 0.3) is 0 Å². The van der Waals surface area contributed by atoms with Gasteiger partial charge in [0.05, 0.1) is 12.8 Å². The molecule has 0 aromatic heterocycles. The zero-order chi connectivity index (χ0) is 20.7. The van der Waals surface area contributed by atoms with Crippen molar-refractivity contribution in [2.75, 3.05) is 26.5 Å². The molecule has 0 aliphatic heterocycles. The number of carbonyl (C=O) groups is 1. The third-order valence-electron chi connectivity index (χ3n) is 4.45. The summed E-state index contributed by atoms with van der Waals surface area (Å²) in [5, 5.41) is 2.78. The predicted molar refractivity (Wildman–Crippen MR) is 111 cm³/mol. The van der Waals surface area contributed by atoms with E-state index in [0.717, 1.165) is 21.9 Å². The van der Waals surface area contributed by atoms with Crippen LogP contribution in [-0.2, 0) is 14.8 Å².